The molecule has 0 saturated carbocycles. The number of carbonyl (C=O) groups excluding carboxylic acids is 1. The first-order chi connectivity index (χ1) is 10.2. The highest BCUT2D eigenvalue weighted by molar-refractivity contribution is 5.69. The molecule has 0 aliphatic carbocycles. The third-order valence-corrected chi connectivity index (χ3v) is 3.79. The number of aliphatic hydroxyl groups is 1. The highest BCUT2D eigenvalue weighted by Gasteiger charge is 2.10. The van der Waals surface area contributed by atoms with Crippen molar-refractivity contribution in [2.24, 2.45) is 0 Å². The maximum Gasteiger partial charge on any atom is 0.308 e. The molecule has 0 spiro atoms. The largest absolute Gasteiger partial charge is 0.466 e. The average molecular weight is 300 g/mol. The molecule has 1 atom stereocenters. The third kappa shape index (κ3) is 15.6. The Morgan fingerprint density at radius 2 is 1.38 bits per heavy atom. The molecule has 0 fully saturated rings. The molecular formula is C18H36O3. The number of unbranched alkanes of at least 4 members (excludes halogenated alkanes) is 9. The first-order valence-electron chi connectivity index (χ1n) is 9.04. The zero-order valence-electron chi connectivity index (χ0n) is 14.2. The van der Waals surface area contributed by atoms with Crippen molar-refractivity contribution in [1.29, 1.82) is 0 Å². The lowest BCUT2D eigenvalue weighted by molar-refractivity contribution is -0.146. The van der Waals surface area contributed by atoms with Crippen LogP contribution >= 0.6 is 0 Å². The number of ether oxygens (including phenoxy) is 1. The van der Waals surface area contributed by atoms with Gasteiger partial charge in [0.05, 0.1) is 19.1 Å². The number of esters is 1. The summed E-state index contributed by atoms with van der Waals surface area (Å²) >= 11 is 0. The Bertz CT molecular complexity index is 229. The molecule has 0 amide bonds. The summed E-state index contributed by atoms with van der Waals surface area (Å²) in [6, 6.07) is 0. The van der Waals surface area contributed by atoms with Gasteiger partial charge in [0.25, 0.3) is 0 Å². The van der Waals surface area contributed by atoms with E-state index in [2.05, 4.69) is 6.92 Å². The van der Waals surface area contributed by atoms with E-state index in [9.17, 15) is 9.90 Å². The van der Waals surface area contributed by atoms with Crippen LogP contribution in [0.1, 0.15) is 97.3 Å². The van der Waals surface area contributed by atoms with E-state index < -0.39 is 6.10 Å². The second-order valence-corrected chi connectivity index (χ2v) is 6.05. The predicted molar refractivity (Wildman–Crippen MR) is 88.3 cm³/mol. The van der Waals surface area contributed by atoms with Crippen LogP contribution in [-0.2, 0) is 9.53 Å². The summed E-state index contributed by atoms with van der Waals surface area (Å²) in [5, 5.41) is 9.50. The Morgan fingerprint density at radius 3 is 1.90 bits per heavy atom. The number of hydrogen-bond acceptors (Lipinski definition) is 3. The second kappa shape index (κ2) is 15.8. The number of rotatable bonds is 15. The molecule has 21 heavy (non-hydrogen) atoms. The highest BCUT2D eigenvalue weighted by Crippen LogP contribution is 2.10. The molecule has 3 heteroatoms. The monoisotopic (exact) mass is 300 g/mol. The van der Waals surface area contributed by atoms with E-state index in [1.54, 1.807) is 0 Å². The molecule has 0 radical (unpaired) electrons. The third-order valence-electron chi connectivity index (χ3n) is 3.79. The van der Waals surface area contributed by atoms with Gasteiger partial charge in [0, 0.05) is 0 Å². The van der Waals surface area contributed by atoms with Crippen molar-refractivity contribution in [3.8, 4) is 0 Å². The van der Waals surface area contributed by atoms with Gasteiger partial charge >= 0.3 is 5.97 Å². The molecular weight excluding hydrogens is 264 g/mol. The van der Waals surface area contributed by atoms with Crippen molar-refractivity contribution >= 4 is 5.97 Å². The fraction of sp³-hybridized carbons (Fsp3) is 0.944. The minimum absolute atomic E-state index is 0.144. The topological polar surface area (TPSA) is 46.5 Å². The van der Waals surface area contributed by atoms with Crippen LogP contribution in [0.3, 0.4) is 0 Å². The quantitative estimate of drug-likeness (QED) is 0.342. The molecule has 0 aromatic rings. The van der Waals surface area contributed by atoms with E-state index in [0.29, 0.717) is 13.0 Å². The standard InChI is InChI=1S/C18H36O3/c1-3-5-6-7-8-9-10-11-12-13-15-21-18(20)16-17(19)14-4-2/h17,19H,3-16H2,1-2H3. The van der Waals surface area contributed by atoms with Gasteiger partial charge in [-0.2, -0.15) is 0 Å². The maximum atomic E-state index is 11.4. The molecule has 3 nitrogen and oxygen atoms in total. The Hall–Kier alpha value is -0.570. The van der Waals surface area contributed by atoms with Crippen LogP contribution < -0.4 is 0 Å². The zero-order valence-corrected chi connectivity index (χ0v) is 14.2. The fourth-order valence-corrected chi connectivity index (χ4v) is 2.46. The van der Waals surface area contributed by atoms with E-state index in [4.69, 9.17) is 4.74 Å². The Balaban J connectivity index is 3.19. The van der Waals surface area contributed by atoms with E-state index in [0.717, 1.165) is 19.3 Å². The van der Waals surface area contributed by atoms with Crippen molar-refractivity contribution in [1.82, 2.24) is 0 Å². The van der Waals surface area contributed by atoms with Gasteiger partial charge in [0.2, 0.25) is 0 Å². The minimum Gasteiger partial charge on any atom is -0.466 e. The normalized spacial score (nSPS) is 12.3. The maximum absolute atomic E-state index is 11.4. The molecule has 126 valence electrons. The molecule has 0 aromatic carbocycles. The Labute approximate surface area is 131 Å². The van der Waals surface area contributed by atoms with Gasteiger partial charge in [-0.25, -0.2) is 0 Å². The lowest BCUT2D eigenvalue weighted by atomic mass is 10.1. The van der Waals surface area contributed by atoms with Gasteiger partial charge in [0.15, 0.2) is 0 Å². The molecule has 0 rings (SSSR count). The molecule has 1 N–H and O–H groups in total. The first kappa shape index (κ1) is 20.4. The second-order valence-electron chi connectivity index (χ2n) is 6.05. The summed E-state index contributed by atoms with van der Waals surface area (Å²) in [7, 11) is 0. The smallest absolute Gasteiger partial charge is 0.308 e. The summed E-state index contributed by atoms with van der Waals surface area (Å²) in [5.41, 5.74) is 0. The lowest BCUT2D eigenvalue weighted by Crippen LogP contribution is -2.15. The van der Waals surface area contributed by atoms with Crippen molar-refractivity contribution in [3.05, 3.63) is 0 Å². The highest BCUT2D eigenvalue weighted by atomic mass is 16.5. The van der Waals surface area contributed by atoms with Crippen molar-refractivity contribution in [2.45, 2.75) is 103 Å². The summed E-state index contributed by atoms with van der Waals surface area (Å²) in [6.45, 7) is 4.75. The van der Waals surface area contributed by atoms with Gasteiger partial charge < -0.3 is 9.84 Å². The van der Waals surface area contributed by atoms with Crippen molar-refractivity contribution < 1.29 is 14.6 Å². The SMILES string of the molecule is CCCCCCCCCCCCOC(=O)CC(O)CCC. The van der Waals surface area contributed by atoms with Crippen LogP contribution in [0.2, 0.25) is 0 Å². The van der Waals surface area contributed by atoms with Gasteiger partial charge in [-0.15, -0.1) is 0 Å². The summed E-state index contributed by atoms with van der Waals surface area (Å²) < 4.78 is 5.13. The minimum atomic E-state index is -0.532. The van der Waals surface area contributed by atoms with E-state index in [1.807, 2.05) is 6.92 Å². The summed E-state index contributed by atoms with van der Waals surface area (Å²) in [5.74, 6) is -0.258. The first-order valence-corrected chi connectivity index (χ1v) is 9.04. The average Bonchev–Trinajstić information content (AvgIpc) is 2.45. The van der Waals surface area contributed by atoms with Crippen molar-refractivity contribution in [3.63, 3.8) is 0 Å². The van der Waals surface area contributed by atoms with Crippen LogP contribution in [0.5, 0.6) is 0 Å². The van der Waals surface area contributed by atoms with Crippen LogP contribution in [0, 0.1) is 0 Å². The van der Waals surface area contributed by atoms with Gasteiger partial charge in [-0.1, -0.05) is 78.1 Å². The van der Waals surface area contributed by atoms with E-state index in [-0.39, 0.29) is 12.4 Å². The number of hydrogen-bond donors (Lipinski definition) is 1. The molecule has 0 aliphatic rings. The van der Waals surface area contributed by atoms with Gasteiger partial charge in [-0.3, -0.25) is 4.79 Å². The molecule has 0 aromatic heterocycles. The Morgan fingerprint density at radius 1 is 0.857 bits per heavy atom. The van der Waals surface area contributed by atoms with E-state index >= 15 is 0 Å². The molecule has 0 bridgehead atoms. The fourth-order valence-electron chi connectivity index (χ4n) is 2.46. The summed E-state index contributed by atoms with van der Waals surface area (Å²) in [6.07, 6.45) is 14.0. The van der Waals surface area contributed by atoms with E-state index in [1.165, 1.54) is 51.4 Å². The van der Waals surface area contributed by atoms with Crippen LogP contribution in [-0.4, -0.2) is 23.8 Å². The molecule has 0 saturated heterocycles. The van der Waals surface area contributed by atoms with Crippen LogP contribution in [0.15, 0.2) is 0 Å². The van der Waals surface area contributed by atoms with Crippen molar-refractivity contribution in [2.75, 3.05) is 6.61 Å². The lowest BCUT2D eigenvalue weighted by Gasteiger charge is -2.09. The summed E-state index contributed by atoms with van der Waals surface area (Å²) in [4.78, 5) is 11.4. The van der Waals surface area contributed by atoms with Crippen LogP contribution in [0.25, 0.3) is 0 Å². The number of carbonyl (C=O) groups is 1. The molecule has 0 heterocycles. The Kier molecular flexibility index (Phi) is 15.4. The number of aliphatic hydroxyl groups excluding tert-OH is 1. The molecule has 1 unspecified atom stereocenters. The predicted octanol–water partition coefficient (Wildman–Crippen LogP) is 5.00. The zero-order chi connectivity index (χ0) is 15.8. The van der Waals surface area contributed by atoms with Gasteiger partial charge in [-0.05, 0) is 12.8 Å². The van der Waals surface area contributed by atoms with Gasteiger partial charge in [0.1, 0.15) is 0 Å². The molecule has 0 aliphatic heterocycles. The van der Waals surface area contributed by atoms with Crippen LogP contribution in [0.4, 0.5) is 0 Å².